The van der Waals surface area contributed by atoms with Crippen molar-refractivity contribution in [3.05, 3.63) is 33.4 Å². The molecule has 12 N–H and O–H groups in total. The highest BCUT2D eigenvalue weighted by Crippen LogP contribution is 2.54. The van der Waals surface area contributed by atoms with Crippen LogP contribution in [0.5, 0.6) is 0 Å². The van der Waals surface area contributed by atoms with Gasteiger partial charge in [0, 0.05) is 38.5 Å². The van der Waals surface area contributed by atoms with Crippen LogP contribution in [0.2, 0.25) is 0 Å². The van der Waals surface area contributed by atoms with E-state index in [1.807, 2.05) is 0 Å². The zero-order valence-corrected chi connectivity index (χ0v) is 18.4. The van der Waals surface area contributed by atoms with Crippen LogP contribution in [-0.2, 0) is 67.3 Å². The summed E-state index contributed by atoms with van der Waals surface area (Å²) >= 11 is 0. The Balaban J connectivity index is 0.00000216. The lowest BCUT2D eigenvalue weighted by molar-refractivity contribution is -0.166. The topological polar surface area (TPSA) is 318 Å². The first-order chi connectivity index (χ1) is 15.2. The third kappa shape index (κ3) is 3.39. The molecule has 0 spiro atoms. The van der Waals surface area contributed by atoms with Crippen molar-refractivity contribution in [1.82, 2.24) is 0 Å². The van der Waals surface area contributed by atoms with Gasteiger partial charge in [0.05, 0.1) is 0 Å². The number of rotatable bonds is 6. The Morgan fingerprint density at radius 2 is 0.472 bits per heavy atom. The zero-order chi connectivity index (χ0) is 24.7. The SMILES string of the molecule is O.O.O.O=C(O)C1(C(=O)O)Cc2c3c(c4c(c2C1)CC(C(=O)O)(C(=O)O)C4)CC(C(=O)O)(C(=O)O)C3. The van der Waals surface area contributed by atoms with Crippen LogP contribution in [0.25, 0.3) is 0 Å². The summed E-state index contributed by atoms with van der Waals surface area (Å²) in [5.41, 5.74) is -6.01. The number of hydrogen-bond acceptors (Lipinski definition) is 6. The first kappa shape index (κ1) is 30.0. The average Bonchev–Trinajstić information content (AvgIpc) is 3.39. The molecule has 0 bridgehead atoms. The van der Waals surface area contributed by atoms with Gasteiger partial charge in [0.25, 0.3) is 0 Å². The second kappa shape index (κ2) is 8.85. The molecule has 1 aromatic rings. The standard InChI is InChI=1S/C21H18O12.3H2O/c22-13(23)19(14(24)25)1-7-8(2-19)10-4-21(17(30)31,18(32)33)6-12(10)11-5-20(15(26)27,16(28)29)3-9(7)11;;;/h1-6H2,(H,22,23)(H,24,25)(H,26,27)(H,28,29)(H,30,31)(H,32,33);3*1H2. The molecular formula is C21H24O15. The molecule has 0 saturated heterocycles. The van der Waals surface area contributed by atoms with E-state index in [1.54, 1.807) is 0 Å². The van der Waals surface area contributed by atoms with Crippen LogP contribution in [0.15, 0.2) is 0 Å². The summed E-state index contributed by atoms with van der Waals surface area (Å²) in [7, 11) is 0. The minimum Gasteiger partial charge on any atom is -0.480 e. The van der Waals surface area contributed by atoms with Crippen molar-refractivity contribution in [3.63, 3.8) is 0 Å². The van der Waals surface area contributed by atoms with Crippen molar-refractivity contribution in [2.24, 2.45) is 16.2 Å². The lowest BCUT2D eigenvalue weighted by atomic mass is 9.83. The highest BCUT2D eigenvalue weighted by atomic mass is 16.4. The molecule has 198 valence electrons. The van der Waals surface area contributed by atoms with Gasteiger partial charge in [0.15, 0.2) is 16.2 Å². The molecule has 36 heavy (non-hydrogen) atoms. The fraction of sp³-hybridized carbons (Fsp3) is 0.429. The normalized spacial score (nSPS) is 18.7. The quantitative estimate of drug-likeness (QED) is 0.206. The molecule has 3 aliphatic rings. The summed E-state index contributed by atoms with van der Waals surface area (Å²) in [6, 6.07) is 0. The lowest BCUT2D eigenvalue weighted by Gasteiger charge is -2.19. The molecular weight excluding hydrogens is 492 g/mol. The van der Waals surface area contributed by atoms with Gasteiger partial charge in [-0.25, -0.2) is 0 Å². The maximum Gasteiger partial charge on any atom is 0.321 e. The van der Waals surface area contributed by atoms with Gasteiger partial charge in [-0.15, -0.1) is 0 Å². The summed E-state index contributed by atoms with van der Waals surface area (Å²) in [5, 5.41) is 58.2. The Labute approximate surface area is 200 Å². The molecule has 0 atom stereocenters. The van der Waals surface area contributed by atoms with Crippen molar-refractivity contribution in [1.29, 1.82) is 0 Å². The maximum absolute atomic E-state index is 12.0. The monoisotopic (exact) mass is 516 g/mol. The summed E-state index contributed by atoms with van der Waals surface area (Å²) < 4.78 is 0. The summed E-state index contributed by atoms with van der Waals surface area (Å²) in [6.07, 6.45) is -3.30. The fourth-order valence-electron chi connectivity index (χ4n) is 5.55. The molecule has 0 fully saturated rings. The minimum atomic E-state index is -2.32. The molecule has 0 heterocycles. The van der Waals surface area contributed by atoms with Crippen molar-refractivity contribution >= 4 is 35.8 Å². The average molecular weight is 516 g/mol. The van der Waals surface area contributed by atoms with Crippen LogP contribution in [0.1, 0.15) is 33.4 Å². The number of benzene rings is 1. The number of aliphatic carboxylic acids is 6. The number of carboxylic acids is 6. The second-order valence-electron chi connectivity index (χ2n) is 9.01. The van der Waals surface area contributed by atoms with Gasteiger partial charge in [-0.1, -0.05) is 0 Å². The molecule has 15 heteroatoms. The van der Waals surface area contributed by atoms with E-state index in [2.05, 4.69) is 0 Å². The fourth-order valence-corrected chi connectivity index (χ4v) is 5.55. The van der Waals surface area contributed by atoms with Crippen LogP contribution in [-0.4, -0.2) is 82.9 Å². The molecule has 15 nitrogen and oxygen atoms in total. The van der Waals surface area contributed by atoms with E-state index >= 15 is 0 Å². The molecule has 3 aliphatic carbocycles. The smallest absolute Gasteiger partial charge is 0.321 e. The molecule has 0 amide bonds. The third-order valence-electron chi connectivity index (χ3n) is 7.51. The van der Waals surface area contributed by atoms with E-state index in [1.165, 1.54) is 0 Å². The Morgan fingerprint density at radius 1 is 0.361 bits per heavy atom. The lowest BCUT2D eigenvalue weighted by Crippen LogP contribution is -2.40. The van der Waals surface area contributed by atoms with Crippen LogP contribution >= 0.6 is 0 Å². The summed E-state index contributed by atoms with van der Waals surface area (Å²) in [6.45, 7) is 0. The first-order valence-electron chi connectivity index (χ1n) is 9.81. The molecule has 0 radical (unpaired) electrons. The van der Waals surface area contributed by atoms with E-state index in [9.17, 15) is 59.4 Å². The molecule has 4 rings (SSSR count). The predicted octanol–water partition coefficient (Wildman–Crippen LogP) is -3.02. The highest BCUT2D eigenvalue weighted by Gasteiger charge is 2.60. The van der Waals surface area contributed by atoms with Crippen molar-refractivity contribution in [2.45, 2.75) is 38.5 Å². The number of carbonyl (C=O) groups is 6. The van der Waals surface area contributed by atoms with E-state index in [-0.39, 0.29) is 49.8 Å². The van der Waals surface area contributed by atoms with Gasteiger partial charge < -0.3 is 47.1 Å². The minimum absolute atomic E-state index is 0. The maximum atomic E-state index is 12.0. The van der Waals surface area contributed by atoms with Crippen LogP contribution in [0, 0.1) is 16.2 Å². The molecule has 1 aromatic carbocycles. The third-order valence-corrected chi connectivity index (χ3v) is 7.51. The Bertz CT molecular complexity index is 950. The largest absolute Gasteiger partial charge is 0.480 e. The molecule has 0 saturated carbocycles. The van der Waals surface area contributed by atoms with Crippen molar-refractivity contribution < 1.29 is 75.8 Å². The molecule has 0 aliphatic heterocycles. The Morgan fingerprint density at radius 3 is 0.556 bits per heavy atom. The van der Waals surface area contributed by atoms with Gasteiger partial charge >= 0.3 is 35.8 Å². The van der Waals surface area contributed by atoms with Gasteiger partial charge in [-0.05, 0) is 33.4 Å². The van der Waals surface area contributed by atoms with Gasteiger partial charge in [-0.3, -0.25) is 28.8 Å². The van der Waals surface area contributed by atoms with Crippen LogP contribution in [0.3, 0.4) is 0 Å². The van der Waals surface area contributed by atoms with Crippen molar-refractivity contribution in [3.8, 4) is 0 Å². The molecule has 0 unspecified atom stereocenters. The number of hydrogen-bond donors (Lipinski definition) is 6. The number of carboxylic acid groups (broad SMARTS) is 6. The van der Waals surface area contributed by atoms with Gasteiger partial charge in [-0.2, -0.15) is 0 Å². The van der Waals surface area contributed by atoms with E-state index in [4.69, 9.17) is 0 Å². The summed E-state index contributed by atoms with van der Waals surface area (Å²) in [4.78, 5) is 71.8. The predicted molar refractivity (Wildman–Crippen MR) is 113 cm³/mol. The van der Waals surface area contributed by atoms with Crippen LogP contribution < -0.4 is 0 Å². The van der Waals surface area contributed by atoms with E-state index in [0.717, 1.165) is 0 Å². The van der Waals surface area contributed by atoms with Gasteiger partial charge in [0.2, 0.25) is 0 Å². The van der Waals surface area contributed by atoms with Crippen LogP contribution in [0.4, 0.5) is 0 Å². The zero-order valence-electron chi connectivity index (χ0n) is 18.4. The van der Waals surface area contributed by atoms with Gasteiger partial charge in [0.1, 0.15) is 0 Å². The van der Waals surface area contributed by atoms with E-state index < -0.39 is 90.6 Å². The molecule has 0 aromatic heterocycles. The van der Waals surface area contributed by atoms with Crippen molar-refractivity contribution in [2.75, 3.05) is 0 Å². The summed E-state index contributed by atoms with van der Waals surface area (Å²) in [5.74, 6) is -9.94. The Hall–Kier alpha value is -4.08. The first-order valence-corrected chi connectivity index (χ1v) is 9.81. The number of fused-ring (bicyclic) bond motifs is 6. The second-order valence-corrected chi connectivity index (χ2v) is 9.01. The Kier molecular flexibility index (Phi) is 7.36. The highest BCUT2D eigenvalue weighted by molar-refractivity contribution is 6.03. The van der Waals surface area contributed by atoms with E-state index in [0.29, 0.717) is 0 Å².